The Hall–Kier alpha value is -3.09. The van der Waals surface area contributed by atoms with Gasteiger partial charge in [-0.1, -0.05) is 24.3 Å². The largest absolute Gasteiger partial charge is 0.376 e. The summed E-state index contributed by atoms with van der Waals surface area (Å²) >= 11 is 0. The molecule has 0 aliphatic carbocycles. The summed E-state index contributed by atoms with van der Waals surface area (Å²) in [6, 6.07) is 14.0. The van der Waals surface area contributed by atoms with E-state index in [1.165, 1.54) is 17.2 Å². The van der Waals surface area contributed by atoms with Crippen LogP contribution in [0.15, 0.2) is 48.7 Å². The molecular weight excluding hydrogens is 403 g/mol. The molecule has 0 amide bonds. The first-order valence-electron chi connectivity index (χ1n) is 11.2. The first kappa shape index (κ1) is 19.6. The molecule has 4 heterocycles. The van der Waals surface area contributed by atoms with Crippen molar-refractivity contribution < 1.29 is 9.13 Å². The van der Waals surface area contributed by atoms with E-state index in [-0.39, 0.29) is 18.0 Å². The molecule has 0 saturated heterocycles. The second kappa shape index (κ2) is 7.50. The molecule has 6 rings (SSSR count). The van der Waals surface area contributed by atoms with Gasteiger partial charge in [0.15, 0.2) is 0 Å². The van der Waals surface area contributed by atoms with Crippen LogP contribution in [0, 0.1) is 5.82 Å². The summed E-state index contributed by atoms with van der Waals surface area (Å²) in [5, 5.41) is 8.66. The molecule has 0 saturated carbocycles. The SMILES string of the molecule is CC1Cc2cccc(F)c2-c2cc3c(n[nH]c3cn2)-c2ccc3c(c2)C(CO1)N(C)CC3. The van der Waals surface area contributed by atoms with Crippen molar-refractivity contribution in [2.45, 2.75) is 31.9 Å². The molecule has 0 spiro atoms. The lowest BCUT2D eigenvalue weighted by Crippen LogP contribution is -2.35. The van der Waals surface area contributed by atoms with Crippen LogP contribution in [0.5, 0.6) is 0 Å². The highest BCUT2D eigenvalue weighted by atomic mass is 19.1. The number of benzene rings is 2. The zero-order chi connectivity index (χ0) is 21.8. The van der Waals surface area contributed by atoms with Gasteiger partial charge >= 0.3 is 0 Å². The molecule has 4 bridgehead atoms. The first-order chi connectivity index (χ1) is 15.6. The van der Waals surface area contributed by atoms with E-state index in [2.05, 4.69) is 52.3 Å². The third-order valence-electron chi connectivity index (χ3n) is 6.89. The van der Waals surface area contributed by atoms with Crippen molar-refractivity contribution >= 4 is 10.9 Å². The van der Waals surface area contributed by atoms with Gasteiger partial charge in [0.1, 0.15) is 11.5 Å². The van der Waals surface area contributed by atoms with Gasteiger partial charge < -0.3 is 4.74 Å². The van der Waals surface area contributed by atoms with E-state index >= 15 is 4.39 Å². The molecule has 32 heavy (non-hydrogen) atoms. The Morgan fingerprint density at radius 3 is 2.97 bits per heavy atom. The number of aromatic nitrogens is 3. The zero-order valence-electron chi connectivity index (χ0n) is 18.2. The number of hydrogen-bond acceptors (Lipinski definition) is 4. The smallest absolute Gasteiger partial charge is 0.132 e. The highest BCUT2D eigenvalue weighted by Gasteiger charge is 2.27. The monoisotopic (exact) mass is 428 g/mol. The molecule has 0 radical (unpaired) electrons. The molecule has 6 heteroatoms. The number of halogens is 1. The third-order valence-corrected chi connectivity index (χ3v) is 6.89. The number of ether oxygens (including phenoxy) is 1. The summed E-state index contributed by atoms with van der Waals surface area (Å²) < 4.78 is 21.4. The number of likely N-dealkylation sites (N-methyl/N-ethyl adjacent to an activating group) is 1. The molecule has 1 N–H and O–H groups in total. The maximum Gasteiger partial charge on any atom is 0.132 e. The summed E-state index contributed by atoms with van der Waals surface area (Å²) in [7, 11) is 2.16. The van der Waals surface area contributed by atoms with Crippen LogP contribution in [-0.2, 0) is 17.6 Å². The van der Waals surface area contributed by atoms with Crippen LogP contribution in [0.4, 0.5) is 4.39 Å². The maximum absolute atomic E-state index is 15.0. The number of rotatable bonds is 0. The quantitative estimate of drug-likeness (QED) is 0.432. The van der Waals surface area contributed by atoms with Crippen molar-refractivity contribution in [2.75, 3.05) is 20.2 Å². The van der Waals surface area contributed by atoms with Crippen LogP contribution in [-0.4, -0.2) is 46.4 Å². The topological polar surface area (TPSA) is 54.0 Å². The van der Waals surface area contributed by atoms with Crippen LogP contribution < -0.4 is 0 Å². The lowest BCUT2D eigenvalue weighted by Gasteiger charge is -2.35. The number of H-pyrrole nitrogens is 1. The lowest BCUT2D eigenvalue weighted by atomic mass is 9.90. The highest BCUT2D eigenvalue weighted by molar-refractivity contribution is 5.94. The number of pyridine rings is 1. The van der Waals surface area contributed by atoms with E-state index in [0.717, 1.165) is 40.7 Å². The number of fused-ring (bicyclic) bond motifs is 5. The summed E-state index contributed by atoms with van der Waals surface area (Å²) in [6.07, 6.45) is 3.35. The van der Waals surface area contributed by atoms with Gasteiger partial charge in [0, 0.05) is 23.1 Å². The maximum atomic E-state index is 15.0. The molecule has 2 unspecified atom stereocenters. The van der Waals surface area contributed by atoms with Crippen molar-refractivity contribution in [1.29, 1.82) is 0 Å². The predicted octanol–water partition coefficient (Wildman–Crippen LogP) is 4.92. The molecular formula is C26H25FN4O. The average Bonchev–Trinajstić information content (AvgIpc) is 3.21. The van der Waals surface area contributed by atoms with Crippen LogP contribution in [0.25, 0.3) is 33.4 Å². The Balaban J connectivity index is 1.61. The Labute approximate surface area is 186 Å². The molecule has 162 valence electrons. The third kappa shape index (κ3) is 3.14. The Morgan fingerprint density at radius 2 is 2.06 bits per heavy atom. The fourth-order valence-corrected chi connectivity index (χ4v) is 5.11. The van der Waals surface area contributed by atoms with Crippen LogP contribution in [0.1, 0.15) is 29.7 Å². The second-order valence-corrected chi connectivity index (χ2v) is 8.97. The fraction of sp³-hybridized carbons (Fsp3) is 0.308. The molecule has 2 aliphatic rings. The Kier molecular flexibility index (Phi) is 4.59. The summed E-state index contributed by atoms with van der Waals surface area (Å²) in [6.45, 7) is 3.66. The van der Waals surface area contributed by atoms with Gasteiger partial charge in [-0.15, -0.1) is 0 Å². The van der Waals surface area contributed by atoms with E-state index in [9.17, 15) is 0 Å². The number of nitrogens with one attached hydrogen (secondary N) is 1. The summed E-state index contributed by atoms with van der Waals surface area (Å²) in [5.74, 6) is -0.266. The van der Waals surface area contributed by atoms with Crippen molar-refractivity contribution in [3.8, 4) is 22.5 Å². The van der Waals surface area contributed by atoms with Gasteiger partial charge in [-0.2, -0.15) is 5.10 Å². The fourth-order valence-electron chi connectivity index (χ4n) is 5.11. The van der Waals surface area contributed by atoms with Crippen LogP contribution in [0.2, 0.25) is 0 Å². The first-order valence-corrected chi connectivity index (χ1v) is 11.2. The van der Waals surface area contributed by atoms with Gasteiger partial charge in [0.25, 0.3) is 0 Å². The lowest BCUT2D eigenvalue weighted by molar-refractivity contribution is 0.0199. The Morgan fingerprint density at radius 1 is 1.16 bits per heavy atom. The van der Waals surface area contributed by atoms with Crippen molar-refractivity contribution in [2.24, 2.45) is 0 Å². The molecule has 2 aromatic heterocycles. The normalized spacial score (nSPS) is 20.8. The van der Waals surface area contributed by atoms with Gasteiger partial charge in [0.05, 0.1) is 36.2 Å². The molecule has 5 nitrogen and oxygen atoms in total. The predicted molar refractivity (Wildman–Crippen MR) is 123 cm³/mol. The average molecular weight is 429 g/mol. The summed E-state index contributed by atoms with van der Waals surface area (Å²) in [4.78, 5) is 6.93. The van der Waals surface area contributed by atoms with Gasteiger partial charge in [-0.3, -0.25) is 15.0 Å². The minimum atomic E-state index is -0.266. The summed E-state index contributed by atoms with van der Waals surface area (Å²) in [5.41, 5.74) is 7.49. The molecule has 0 fully saturated rings. The van der Waals surface area contributed by atoms with E-state index in [1.54, 1.807) is 12.3 Å². The van der Waals surface area contributed by atoms with Crippen LogP contribution >= 0.6 is 0 Å². The van der Waals surface area contributed by atoms with Crippen molar-refractivity contribution in [3.63, 3.8) is 0 Å². The second-order valence-electron chi connectivity index (χ2n) is 8.97. The van der Waals surface area contributed by atoms with E-state index in [0.29, 0.717) is 24.3 Å². The van der Waals surface area contributed by atoms with Gasteiger partial charge in [0.2, 0.25) is 0 Å². The molecule has 4 aromatic rings. The number of nitrogens with zero attached hydrogens (tertiary/aromatic N) is 3. The van der Waals surface area contributed by atoms with E-state index in [1.807, 2.05) is 12.1 Å². The van der Waals surface area contributed by atoms with E-state index in [4.69, 9.17) is 4.74 Å². The molecule has 2 aromatic carbocycles. The zero-order valence-corrected chi connectivity index (χ0v) is 18.2. The van der Waals surface area contributed by atoms with Crippen molar-refractivity contribution in [1.82, 2.24) is 20.1 Å². The molecule has 2 atom stereocenters. The highest BCUT2D eigenvalue weighted by Crippen LogP contribution is 2.36. The minimum Gasteiger partial charge on any atom is -0.376 e. The number of aromatic amines is 1. The van der Waals surface area contributed by atoms with E-state index < -0.39 is 0 Å². The van der Waals surface area contributed by atoms with Crippen LogP contribution in [0.3, 0.4) is 0 Å². The number of hydrogen-bond donors (Lipinski definition) is 1. The van der Waals surface area contributed by atoms with Gasteiger partial charge in [-0.25, -0.2) is 4.39 Å². The Bertz CT molecular complexity index is 1330. The molecule has 2 aliphatic heterocycles. The van der Waals surface area contributed by atoms with Crippen molar-refractivity contribution in [3.05, 3.63) is 71.2 Å². The van der Waals surface area contributed by atoms with Gasteiger partial charge in [-0.05, 0) is 61.7 Å². The standard InChI is InChI=1S/C26H25FN4O/c1-15-10-17-4-3-5-21(27)25(17)22-12-20-23(13-28-22)29-30-26(20)18-7-6-16-8-9-31(2)24(14-32-15)19(16)11-18/h3-7,11-13,15,24H,8-10,14H2,1-2H3,(H,29,30). The minimum absolute atomic E-state index is 0.0475.